The van der Waals surface area contributed by atoms with Crippen LogP contribution in [0.25, 0.3) is 10.2 Å². The fourth-order valence-corrected chi connectivity index (χ4v) is 4.57. The fraction of sp³-hybridized carbons (Fsp3) is 0.190. The van der Waals surface area contributed by atoms with E-state index in [-0.39, 0.29) is 11.5 Å². The van der Waals surface area contributed by atoms with Crippen LogP contribution in [-0.4, -0.2) is 46.1 Å². The molecule has 5 rings (SSSR count). The summed E-state index contributed by atoms with van der Waals surface area (Å²) in [6.45, 7) is 2.78. The lowest BCUT2D eigenvalue weighted by Crippen LogP contribution is -2.47. The number of nitrogens with one attached hydrogen (secondary N) is 1. The third-order valence-corrected chi connectivity index (χ3v) is 6.16. The van der Waals surface area contributed by atoms with Crippen LogP contribution < -0.4 is 15.1 Å². The van der Waals surface area contributed by atoms with Gasteiger partial charge in [0.1, 0.15) is 6.33 Å². The molecule has 2 aromatic carbocycles. The van der Waals surface area contributed by atoms with Gasteiger partial charge in [0.25, 0.3) is 0 Å². The Morgan fingerprint density at radius 3 is 2.39 bits per heavy atom. The molecule has 3 heterocycles. The number of aromatic nitrogens is 3. The van der Waals surface area contributed by atoms with Crippen LogP contribution in [0.15, 0.2) is 60.9 Å². The minimum atomic E-state index is -0.422. The third-order valence-electron chi connectivity index (χ3n) is 5.21. The second-order valence-corrected chi connectivity index (χ2v) is 8.10. The maximum atomic E-state index is 12.0. The Kier molecular flexibility index (Phi) is 5.04. The number of fused-ring (bicyclic) bond motifs is 1. The summed E-state index contributed by atoms with van der Waals surface area (Å²) in [7, 11) is 0. The summed E-state index contributed by atoms with van der Waals surface area (Å²) >= 11 is 1.43. The van der Waals surface area contributed by atoms with Crippen molar-refractivity contribution in [3.8, 4) is 0 Å². The van der Waals surface area contributed by atoms with Gasteiger partial charge in [0.05, 0.1) is 15.1 Å². The molecule has 0 atom stereocenters. The Bertz CT molecular complexity index is 1190. The number of anilines is 4. The lowest BCUT2D eigenvalue weighted by atomic mass is 10.2. The van der Waals surface area contributed by atoms with E-state index < -0.39 is 4.92 Å². The van der Waals surface area contributed by atoms with E-state index in [9.17, 15) is 10.1 Å². The second kappa shape index (κ2) is 8.15. The molecular weight excluding hydrogens is 414 g/mol. The molecule has 9 nitrogen and oxygen atoms in total. The molecule has 1 aliphatic rings. The molecule has 1 aliphatic heterocycles. The van der Waals surface area contributed by atoms with Gasteiger partial charge in [-0.25, -0.2) is 15.0 Å². The third kappa shape index (κ3) is 3.84. The minimum absolute atomic E-state index is 0.130. The van der Waals surface area contributed by atoms with E-state index >= 15 is 0 Å². The average Bonchev–Trinajstić information content (AvgIpc) is 3.22. The summed E-state index contributed by atoms with van der Waals surface area (Å²) in [6.07, 6.45) is 1.36. The van der Waals surface area contributed by atoms with Crippen molar-refractivity contribution in [3.05, 3.63) is 71.0 Å². The van der Waals surface area contributed by atoms with E-state index in [1.54, 1.807) is 0 Å². The zero-order valence-electron chi connectivity index (χ0n) is 16.5. The number of rotatable bonds is 5. The molecule has 2 aromatic heterocycles. The maximum Gasteiger partial charge on any atom is 0.353 e. The Balaban J connectivity index is 1.40. The van der Waals surface area contributed by atoms with Crippen molar-refractivity contribution in [1.82, 2.24) is 15.0 Å². The van der Waals surface area contributed by atoms with Gasteiger partial charge in [-0.2, -0.15) is 0 Å². The normalized spacial score (nSPS) is 14.1. The number of thiazole rings is 1. The molecule has 0 unspecified atom stereocenters. The first-order valence-electron chi connectivity index (χ1n) is 9.86. The molecule has 0 radical (unpaired) electrons. The van der Waals surface area contributed by atoms with Gasteiger partial charge < -0.3 is 15.1 Å². The van der Waals surface area contributed by atoms with Crippen LogP contribution in [0.4, 0.5) is 28.1 Å². The van der Waals surface area contributed by atoms with Crippen molar-refractivity contribution in [3.63, 3.8) is 0 Å². The largest absolute Gasteiger partial charge is 0.368 e. The Morgan fingerprint density at radius 2 is 1.65 bits per heavy atom. The number of para-hydroxylation sites is 2. The fourth-order valence-electron chi connectivity index (χ4n) is 3.70. The predicted octanol–water partition coefficient (Wildman–Crippen LogP) is 4.06. The zero-order chi connectivity index (χ0) is 21.2. The van der Waals surface area contributed by atoms with Crippen molar-refractivity contribution in [2.45, 2.75) is 0 Å². The first kappa shape index (κ1) is 19.2. The molecular formula is C21H19N7O2S. The average molecular weight is 433 g/mol. The lowest BCUT2D eigenvalue weighted by molar-refractivity contribution is -0.383. The molecule has 0 bridgehead atoms. The van der Waals surface area contributed by atoms with Crippen LogP contribution in [-0.2, 0) is 0 Å². The van der Waals surface area contributed by atoms with E-state index in [0.717, 1.165) is 29.0 Å². The summed E-state index contributed by atoms with van der Waals surface area (Å²) in [4.78, 5) is 28.7. The van der Waals surface area contributed by atoms with E-state index in [4.69, 9.17) is 0 Å². The van der Waals surface area contributed by atoms with Crippen molar-refractivity contribution in [1.29, 1.82) is 0 Å². The SMILES string of the molecule is O=[N+]([O-])c1c(Nc2nc3ccccc3s2)ncnc1N1CCN(c2ccccc2)CC1. The number of benzene rings is 2. The Labute approximate surface area is 182 Å². The molecule has 0 saturated carbocycles. The van der Waals surface area contributed by atoms with Gasteiger partial charge >= 0.3 is 5.69 Å². The van der Waals surface area contributed by atoms with Crippen LogP contribution in [0.2, 0.25) is 0 Å². The molecule has 0 spiro atoms. The van der Waals surface area contributed by atoms with Crippen LogP contribution in [0.3, 0.4) is 0 Å². The molecule has 1 fully saturated rings. The summed E-state index contributed by atoms with van der Waals surface area (Å²) in [5, 5.41) is 15.6. The monoisotopic (exact) mass is 433 g/mol. The predicted molar refractivity (Wildman–Crippen MR) is 122 cm³/mol. The number of piperazine rings is 1. The minimum Gasteiger partial charge on any atom is -0.368 e. The van der Waals surface area contributed by atoms with Gasteiger partial charge in [-0.3, -0.25) is 10.1 Å². The quantitative estimate of drug-likeness (QED) is 0.371. The number of nitrogens with zero attached hydrogens (tertiary/aromatic N) is 6. The first-order valence-corrected chi connectivity index (χ1v) is 10.7. The maximum absolute atomic E-state index is 12.0. The highest BCUT2D eigenvalue weighted by atomic mass is 32.1. The van der Waals surface area contributed by atoms with E-state index in [1.807, 2.05) is 47.4 Å². The molecule has 0 amide bonds. The van der Waals surface area contributed by atoms with Crippen molar-refractivity contribution in [2.75, 3.05) is 41.3 Å². The Hall–Kier alpha value is -3.79. The van der Waals surface area contributed by atoms with E-state index in [2.05, 4.69) is 37.3 Å². The molecule has 0 aliphatic carbocycles. The highest BCUT2D eigenvalue weighted by Gasteiger charge is 2.29. The van der Waals surface area contributed by atoms with Gasteiger partial charge in [-0.1, -0.05) is 41.7 Å². The van der Waals surface area contributed by atoms with Crippen molar-refractivity contribution >= 4 is 49.7 Å². The standard InChI is InChI=1S/C21H19N7O2S/c29-28(30)18-19(25-21-24-16-8-4-5-9-17(16)31-21)22-14-23-20(18)27-12-10-26(11-13-27)15-6-2-1-3-7-15/h1-9,14H,10-13H2,(H,22,23,24,25). The smallest absolute Gasteiger partial charge is 0.353 e. The van der Waals surface area contributed by atoms with Gasteiger partial charge in [0, 0.05) is 31.9 Å². The topological polar surface area (TPSA) is 100 Å². The molecule has 1 N–H and O–H groups in total. The number of hydrogen-bond donors (Lipinski definition) is 1. The molecule has 4 aromatic rings. The molecule has 1 saturated heterocycles. The van der Waals surface area contributed by atoms with Gasteiger partial charge in [0.2, 0.25) is 11.6 Å². The Morgan fingerprint density at radius 1 is 0.935 bits per heavy atom. The highest BCUT2D eigenvalue weighted by molar-refractivity contribution is 7.22. The number of nitro groups is 1. The van der Waals surface area contributed by atoms with E-state index in [1.165, 1.54) is 17.7 Å². The zero-order valence-corrected chi connectivity index (χ0v) is 17.3. The lowest BCUT2D eigenvalue weighted by Gasteiger charge is -2.36. The number of hydrogen-bond acceptors (Lipinski definition) is 9. The molecule has 156 valence electrons. The molecule has 31 heavy (non-hydrogen) atoms. The van der Waals surface area contributed by atoms with Gasteiger partial charge in [0.15, 0.2) is 5.13 Å². The second-order valence-electron chi connectivity index (χ2n) is 7.07. The highest BCUT2D eigenvalue weighted by Crippen LogP contribution is 2.36. The van der Waals surface area contributed by atoms with Crippen LogP contribution in [0.5, 0.6) is 0 Å². The van der Waals surface area contributed by atoms with Crippen molar-refractivity contribution in [2.24, 2.45) is 0 Å². The van der Waals surface area contributed by atoms with Gasteiger partial charge in [-0.05, 0) is 24.3 Å². The summed E-state index contributed by atoms with van der Waals surface area (Å²) in [5.41, 5.74) is 1.86. The summed E-state index contributed by atoms with van der Waals surface area (Å²) in [5.74, 6) is 0.482. The summed E-state index contributed by atoms with van der Waals surface area (Å²) < 4.78 is 0.999. The van der Waals surface area contributed by atoms with Crippen LogP contribution in [0.1, 0.15) is 0 Å². The summed E-state index contributed by atoms with van der Waals surface area (Å²) in [6, 6.07) is 17.9. The van der Waals surface area contributed by atoms with E-state index in [0.29, 0.717) is 24.0 Å². The molecule has 10 heteroatoms. The van der Waals surface area contributed by atoms with Crippen molar-refractivity contribution < 1.29 is 4.92 Å². The first-order chi connectivity index (χ1) is 15.2. The van der Waals surface area contributed by atoms with Crippen LogP contribution in [0, 0.1) is 10.1 Å². The van der Waals surface area contributed by atoms with Crippen LogP contribution >= 0.6 is 11.3 Å². The van der Waals surface area contributed by atoms with Gasteiger partial charge in [-0.15, -0.1) is 0 Å².